The number of halogens is 2. The van der Waals surface area contributed by atoms with E-state index in [1.165, 1.54) is 0 Å². The maximum atomic E-state index is 11.1. The average molecular weight is 265 g/mol. The Morgan fingerprint density at radius 2 is 1.88 bits per heavy atom. The van der Waals surface area contributed by atoms with Crippen LogP contribution in [-0.4, -0.2) is 10.5 Å². The molecule has 0 aromatic heterocycles. The average Bonchev–Trinajstić information content (AvgIpc) is 2.21. The number of carbonyl (C=O) groups is 2. The van der Waals surface area contributed by atoms with Crippen LogP contribution in [0.2, 0.25) is 0 Å². The monoisotopic (exact) mass is 264 g/mol. The molecule has 0 amide bonds. The summed E-state index contributed by atoms with van der Waals surface area (Å²) in [5.74, 6) is 0.393. The molecule has 0 fully saturated rings. The Balaban J connectivity index is 4.47. The first-order valence-electron chi connectivity index (χ1n) is 5.61. The molecule has 0 aliphatic rings. The minimum absolute atomic E-state index is 0.324. The second-order valence-electron chi connectivity index (χ2n) is 3.87. The van der Waals surface area contributed by atoms with Crippen LogP contribution in [0.4, 0.5) is 0 Å². The summed E-state index contributed by atoms with van der Waals surface area (Å²) in [5, 5.41) is -1.22. The summed E-state index contributed by atoms with van der Waals surface area (Å²) in [6.45, 7) is 4.19. The molecule has 0 rings (SSSR count). The van der Waals surface area contributed by atoms with Crippen LogP contribution >= 0.6 is 23.2 Å². The largest absolute Gasteiger partial charge is 0.276 e. The van der Waals surface area contributed by atoms with Crippen LogP contribution in [0.25, 0.3) is 0 Å². The zero-order chi connectivity index (χ0) is 12.6. The maximum absolute atomic E-state index is 11.1. The Morgan fingerprint density at radius 1 is 1.25 bits per heavy atom. The lowest BCUT2D eigenvalue weighted by Crippen LogP contribution is -2.06. The molecule has 4 heteroatoms. The highest BCUT2D eigenvalue weighted by Crippen LogP contribution is 2.22. The van der Waals surface area contributed by atoms with E-state index >= 15 is 0 Å². The maximum Gasteiger partial charge on any atom is 0.248 e. The number of allylic oxidation sites excluding steroid dienone is 2. The smallest absolute Gasteiger partial charge is 0.248 e. The second-order valence-corrected chi connectivity index (χ2v) is 4.58. The van der Waals surface area contributed by atoms with Crippen molar-refractivity contribution in [3.05, 3.63) is 11.6 Å². The van der Waals surface area contributed by atoms with Gasteiger partial charge in [0.25, 0.3) is 0 Å². The van der Waals surface area contributed by atoms with Crippen molar-refractivity contribution in [2.24, 2.45) is 5.92 Å². The quantitative estimate of drug-likeness (QED) is 0.490. The first kappa shape index (κ1) is 15.7. The first-order chi connectivity index (χ1) is 7.51. The summed E-state index contributed by atoms with van der Waals surface area (Å²) in [4.78, 5) is 21.8. The number of rotatable bonds is 8. The van der Waals surface area contributed by atoms with Crippen molar-refractivity contribution in [1.82, 2.24) is 0 Å². The third-order valence-corrected chi connectivity index (χ3v) is 2.94. The lowest BCUT2D eigenvalue weighted by atomic mass is 9.92. The van der Waals surface area contributed by atoms with Gasteiger partial charge >= 0.3 is 0 Å². The van der Waals surface area contributed by atoms with Crippen molar-refractivity contribution in [3.8, 4) is 0 Å². The highest BCUT2D eigenvalue weighted by Gasteiger charge is 2.14. The molecule has 1 unspecified atom stereocenters. The molecule has 2 nitrogen and oxygen atoms in total. The molecular formula is C12H18Cl2O2. The van der Waals surface area contributed by atoms with E-state index in [9.17, 15) is 9.59 Å². The molecule has 0 radical (unpaired) electrons. The molecule has 0 spiro atoms. The van der Waals surface area contributed by atoms with E-state index in [1.807, 2.05) is 0 Å². The molecule has 92 valence electrons. The Labute approximate surface area is 107 Å². The number of hydrogen-bond acceptors (Lipinski definition) is 2. The van der Waals surface area contributed by atoms with Gasteiger partial charge in [0.2, 0.25) is 10.5 Å². The van der Waals surface area contributed by atoms with Crippen LogP contribution in [0.1, 0.15) is 46.0 Å². The Hall–Kier alpha value is -0.340. The fourth-order valence-electron chi connectivity index (χ4n) is 1.59. The van der Waals surface area contributed by atoms with Crippen molar-refractivity contribution in [1.29, 1.82) is 0 Å². The Bertz CT molecular complexity index is 272. The SMILES string of the molecule is CCCCC(CC)C/C(=C/C(=O)Cl)C(=O)Cl. The van der Waals surface area contributed by atoms with Gasteiger partial charge in [-0.05, 0) is 35.5 Å². The molecule has 0 saturated heterocycles. The van der Waals surface area contributed by atoms with Gasteiger partial charge in [0.1, 0.15) is 0 Å². The predicted molar refractivity (Wildman–Crippen MR) is 67.7 cm³/mol. The summed E-state index contributed by atoms with van der Waals surface area (Å²) in [7, 11) is 0. The van der Waals surface area contributed by atoms with Gasteiger partial charge in [-0.25, -0.2) is 0 Å². The molecule has 0 aliphatic heterocycles. The van der Waals surface area contributed by atoms with Crippen LogP contribution in [0.5, 0.6) is 0 Å². The minimum atomic E-state index is -0.644. The predicted octanol–water partition coefficient (Wildman–Crippen LogP) is 4.05. The zero-order valence-electron chi connectivity index (χ0n) is 9.76. The Morgan fingerprint density at radius 3 is 2.25 bits per heavy atom. The van der Waals surface area contributed by atoms with Crippen molar-refractivity contribution in [3.63, 3.8) is 0 Å². The molecule has 0 saturated carbocycles. The fraction of sp³-hybridized carbons (Fsp3) is 0.667. The Kier molecular flexibility index (Phi) is 8.58. The van der Waals surface area contributed by atoms with E-state index in [4.69, 9.17) is 23.2 Å². The molecule has 0 aromatic carbocycles. The second kappa shape index (κ2) is 8.77. The van der Waals surface area contributed by atoms with Crippen molar-refractivity contribution < 1.29 is 9.59 Å². The van der Waals surface area contributed by atoms with E-state index in [0.717, 1.165) is 31.8 Å². The first-order valence-corrected chi connectivity index (χ1v) is 6.36. The lowest BCUT2D eigenvalue weighted by Gasteiger charge is -2.14. The van der Waals surface area contributed by atoms with E-state index < -0.39 is 10.5 Å². The van der Waals surface area contributed by atoms with Crippen LogP contribution in [-0.2, 0) is 9.59 Å². The molecule has 0 bridgehead atoms. The summed E-state index contributed by atoms with van der Waals surface area (Å²) in [5.41, 5.74) is 0.324. The molecular weight excluding hydrogens is 247 g/mol. The van der Waals surface area contributed by atoms with Crippen molar-refractivity contribution in [2.45, 2.75) is 46.0 Å². The van der Waals surface area contributed by atoms with Gasteiger partial charge in [0, 0.05) is 11.6 Å². The molecule has 1 atom stereocenters. The van der Waals surface area contributed by atoms with Gasteiger partial charge in [0.05, 0.1) is 0 Å². The standard InChI is InChI=1S/C12H18Cl2O2/c1-3-5-6-9(4-2)7-10(12(14)16)8-11(13)15/h8-9H,3-7H2,1-2H3/b10-8-. The van der Waals surface area contributed by atoms with Gasteiger partial charge in [-0.1, -0.05) is 39.5 Å². The normalized spacial score (nSPS) is 13.6. The number of hydrogen-bond donors (Lipinski definition) is 0. The summed E-state index contributed by atoms with van der Waals surface area (Å²) in [6, 6.07) is 0. The van der Waals surface area contributed by atoms with E-state index in [1.54, 1.807) is 0 Å². The van der Waals surface area contributed by atoms with Crippen molar-refractivity contribution >= 4 is 33.7 Å². The highest BCUT2D eigenvalue weighted by atomic mass is 35.5. The summed E-state index contributed by atoms with van der Waals surface area (Å²) >= 11 is 10.6. The number of unbranched alkanes of at least 4 members (excludes halogenated alkanes) is 1. The van der Waals surface area contributed by atoms with Gasteiger partial charge in [-0.15, -0.1) is 0 Å². The minimum Gasteiger partial charge on any atom is -0.276 e. The molecule has 16 heavy (non-hydrogen) atoms. The van der Waals surface area contributed by atoms with Gasteiger partial charge < -0.3 is 0 Å². The molecule has 0 aliphatic carbocycles. The van der Waals surface area contributed by atoms with Crippen LogP contribution < -0.4 is 0 Å². The van der Waals surface area contributed by atoms with Gasteiger partial charge in [-0.3, -0.25) is 9.59 Å². The van der Waals surface area contributed by atoms with Crippen LogP contribution in [0, 0.1) is 5.92 Å². The summed E-state index contributed by atoms with van der Waals surface area (Å²) in [6.07, 6.45) is 5.93. The summed E-state index contributed by atoms with van der Waals surface area (Å²) < 4.78 is 0. The van der Waals surface area contributed by atoms with Crippen LogP contribution in [0.15, 0.2) is 11.6 Å². The molecule has 0 heterocycles. The topological polar surface area (TPSA) is 34.1 Å². The molecule has 0 N–H and O–H groups in total. The van der Waals surface area contributed by atoms with E-state index in [2.05, 4.69) is 13.8 Å². The van der Waals surface area contributed by atoms with Crippen molar-refractivity contribution in [2.75, 3.05) is 0 Å². The third kappa shape index (κ3) is 7.02. The van der Waals surface area contributed by atoms with E-state index in [-0.39, 0.29) is 0 Å². The zero-order valence-corrected chi connectivity index (χ0v) is 11.3. The van der Waals surface area contributed by atoms with E-state index in [0.29, 0.717) is 17.9 Å². The third-order valence-electron chi connectivity index (χ3n) is 2.59. The van der Waals surface area contributed by atoms with Gasteiger partial charge in [-0.2, -0.15) is 0 Å². The fourth-order valence-corrected chi connectivity index (χ4v) is 1.85. The highest BCUT2D eigenvalue weighted by molar-refractivity contribution is 6.70. The van der Waals surface area contributed by atoms with Gasteiger partial charge in [0.15, 0.2) is 0 Å². The van der Waals surface area contributed by atoms with Crippen LogP contribution in [0.3, 0.4) is 0 Å². The molecule has 0 aromatic rings. The number of carbonyl (C=O) groups excluding carboxylic acids is 2. The lowest BCUT2D eigenvalue weighted by molar-refractivity contribution is -0.110.